The zero-order chi connectivity index (χ0) is 13.5. The number of hydrogen-bond acceptors (Lipinski definition) is 3. The van der Waals surface area contributed by atoms with E-state index < -0.39 is 5.60 Å². The van der Waals surface area contributed by atoms with Gasteiger partial charge < -0.3 is 10.0 Å². The fourth-order valence-electron chi connectivity index (χ4n) is 1.87. The topological polar surface area (TPSA) is 53.4 Å². The average molecular weight is 334 g/mol. The number of aliphatic hydroxyl groups is 1. The van der Waals surface area contributed by atoms with Crippen molar-refractivity contribution in [2.24, 2.45) is 5.92 Å². The molecule has 0 aromatic carbocycles. The lowest BCUT2D eigenvalue weighted by molar-refractivity contribution is -0.110. The first-order valence-corrected chi connectivity index (χ1v) is 6.83. The van der Waals surface area contributed by atoms with E-state index in [-0.39, 0.29) is 17.0 Å². The van der Waals surface area contributed by atoms with E-state index in [1.807, 2.05) is 13.8 Å². The van der Waals surface area contributed by atoms with Crippen molar-refractivity contribution in [2.45, 2.75) is 19.4 Å². The SMILES string of the molecule is CC(C)C1(O)CN(C(=O)c2cc(Br)cnc2Cl)C1. The second kappa shape index (κ2) is 4.79. The first kappa shape index (κ1) is 13.8. The molecule has 1 amide bonds. The second-order valence-corrected chi connectivity index (χ2v) is 6.19. The van der Waals surface area contributed by atoms with Crippen LogP contribution in [0, 0.1) is 5.92 Å². The molecule has 1 aliphatic heterocycles. The molecule has 1 N–H and O–H groups in total. The number of amides is 1. The van der Waals surface area contributed by atoms with Crippen molar-refractivity contribution in [3.63, 3.8) is 0 Å². The van der Waals surface area contributed by atoms with Crippen LogP contribution in [0.5, 0.6) is 0 Å². The first-order valence-electron chi connectivity index (χ1n) is 5.66. The number of halogens is 2. The molecule has 0 saturated carbocycles. The molecule has 0 atom stereocenters. The summed E-state index contributed by atoms with van der Waals surface area (Å²) < 4.78 is 0.704. The number of rotatable bonds is 2. The van der Waals surface area contributed by atoms with Crippen molar-refractivity contribution in [1.29, 1.82) is 0 Å². The molecule has 2 rings (SSSR count). The van der Waals surface area contributed by atoms with Crippen molar-refractivity contribution in [2.75, 3.05) is 13.1 Å². The molecule has 18 heavy (non-hydrogen) atoms. The fraction of sp³-hybridized carbons (Fsp3) is 0.500. The summed E-state index contributed by atoms with van der Waals surface area (Å²) in [6, 6.07) is 1.64. The Kier molecular flexibility index (Phi) is 3.67. The lowest BCUT2D eigenvalue weighted by Gasteiger charge is -2.49. The summed E-state index contributed by atoms with van der Waals surface area (Å²) in [6.07, 6.45) is 1.54. The number of likely N-dealkylation sites (tertiary alicyclic amines) is 1. The highest BCUT2D eigenvalue weighted by molar-refractivity contribution is 9.10. The Morgan fingerprint density at radius 1 is 1.61 bits per heavy atom. The number of carbonyl (C=O) groups is 1. The van der Waals surface area contributed by atoms with Crippen LogP contribution in [0.2, 0.25) is 5.15 Å². The van der Waals surface area contributed by atoms with Crippen LogP contribution in [0.25, 0.3) is 0 Å². The van der Waals surface area contributed by atoms with Crippen LogP contribution in [0.1, 0.15) is 24.2 Å². The third-order valence-corrected chi connectivity index (χ3v) is 4.06. The molecule has 0 spiro atoms. The summed E-state index contributed by atoms with van der Waals surface area (Å²) in [5.74, 6) is -0.0724. The van der Waals surface area contributed by atoms with Gasteiger partial charge in [-0.25, -0.2) is 4.98 Å². The maximum absolute atomic E-state index is 12.2. The van der Waals surface area contributed by atoms with E-state index >= 15 is 0 Å². The van der Waals surface area contributed by atoms with E-state index in [4.69, 9.17) is 11.6 Å². The number of aromatic nitrogens is 1. The van der Waals surface area contributed by atoms with Gasteiger partial charge in [0.15, 0.2) is 0 Å². The van der Waals surface area contributed by atoms with Crippen LogP contribution in [-0.4, -0.2) is 39.6 Å². The van der Waals surface area contributed by atoms with E-state index in [2.05, 4.69) is 20.9 Å². The number of carbonyl (C=O) groups excluding carboxylic acids is 1. The van der Waals surface area contributed by atoms with E-state index in [1.165, 1.54) is 0 Å². The summed E-state index contributed by atoms with van der Waals surface area (Å²) in [5.41, 5.74) is -0.418. The van der Waals surface area contributed by atoms with Crippen LogP contribution >= 0.6 is 27.5 Å². The molecule has 1 aromatic heterocycles. The minimum absolute atomic E-state index is 0.123. The number of hydrogen-bond donors (Lipinski definition) is 1. The molecule has 1 fully saturated rings. The Morgan fingerprint density at radius 2 is 2.22 bits per heavy atom. The van der Waals surface area contributed by atoms with Gasteiger partial charge in [-0.2, -0.15) is 0 Å². The highest BCUT2D eigenvalue weighted by Crippen LogP contribution is 2.31. The van der Waals surface area contributed by atoms with E-state index in [0.29, 0.717) is 23.1 Å². The van der Waals surface area contributed by atoms with Gasteiger partial charge in [-0.15, -0.1) is 0 Å². The van der Waals surface area contributed by atoms with Gasteiger partial charge in [0.05, 0.1) is 18.7 Å². The van der Waals surface area contributed by atoms with E-state index in [9.17, 15) is 9.90 Å². The summed E-state index contributed by atoms with van der Waals surface area (Å²) in [7, 11) is 0. The molecular weight excluding hydrogens is 320 g/mol. The predicted octanol–water partition coefficient (Wildman–Crippen LogP) is 2.34. The quantitative estimate of drug-likeness (QED) is 0.845. The Bertz CT molecular complexity index is 487. The molecule has 0 unspecified atom stereocenters. The van der Waals surface area contributed by atoms with Gasteiger partial charge in [0, 0.05) is 10.7 Å². The van der Waals surface area contributed by atoms with E-state index in [0.717, 1.165) is 0 Å². The number of nitrogens with zero attached hydrogens (tertiary/aromatic N) is 2. The Hall–Kier alpha value is -0.650. The number of β-amino-alcohol motifs (C(OH)–C–C–N with tert-alkyl or cyclic N) is 1. The van der Waals surface area contributed by atoms with Gasteiger partial charge in [0.2, 0.25) is 0 Å². The van der Waals surface area contributed by atoms with Crippen LogP contribution in [0.3, 0.4) is 0 Å². The molecule has 0 aliphatic carbocycles. The third-order valence-electron chi connectivity index (χ3n) is 3.33. The Labute approximate surface area is 119 Å². The maximum Gasteiger partial charge on any atom is 0.257 e. The Balaban J connectivity index is 2.13. The number of pyridine rings is 1. The molecule has 1 aliphatic rings. The molecule has 2 heterocycles. The zero-order valence-corrected chi connectivity index (χ0v) is 12.5. The summed E-state index contributed by atoms with van der Waals surface area (Å²) >= 11 is 9.17. The summed E-state index contributed by atoms with van der Waals surface area (Å²) in [6.45, 7) is 4.56. The van der Waals surface area contributed by atoms with Crippen LogP contribution in [-0.2, 0) is 0 Å². The molecule has 0 bridgehead atoms. The van der Waals surface area contributed by atoms with Crippen molar-refractivity contribution in [3.8, 4) is 0 Å². The molecule has 6 heteroatoms. The van der Waals surface area contributed by atoms with Crippen molar-refractivity contribution >= 4 is 33.4 Å². The smallest absolute Gasteiger partial charge is 0.257 e. The van der Waals surface area contributed by atoms with Gasteiger partial charge in [0.25, 0.3) is 5.91 Å². The lowest BCUT2D eigenvalue weighted by atomic mass is 9.83. The van der Waals surface area contributed by atoms with Crippen LogP contribution in [0.4, 0.5) is 0 Å². The third kappa shape index (κ3) is 2.39. The molecule has 4 nitrogen and oxygen atoms in total. The maximum atomic E-state index is 12.2. The van der Waals surface area contributed by atoms with Gasteiger partial charge in [-0.3, -0.25) is 4.79 Å². The summed E-state index contributed by atoms with van der Waals surface area (Å²) in [5, 5.41) is 10.3. The van der Waals surface area contributed by atoms with Gasteiger partial charge in [0.1, 0.15) is 10.8 Å². The van der Waals surface area contributed by atoms with Crippen molar-refractivity contribution in [1.82, 2.24) is 9.88 Å². The standard InChI is InChI=1S/C12H14BrClN2O2/c1-7(2)12(18)5-16(6-12)11(17)9-3-8(13)4-15-10(9)14/h3-4,7,18H,5-6H2,1-2H3. The van der Waals surface area contributed by atoms with Gasteiger partial charge >= 0.3 is 0 Å². The Morgan fingerprint density at radius 3 is 2.78 bits per heavy atom. The molecule has 1 saturated heterocycles. The van der Waals surface area contributed by atoms with Gasteiger partial charge in [-0.1, -0.05) is 25.4 Å². The molecule has 98 valence electrons. The van der Waals surface area contributed by atoms with Crippen molar-refractivity contribution < 1.29 is 9.90 Å². The monoisotopic (exact) mass is 332 g/mol. The predicted molar refractivity (Wildman–Crippen MR) is 72.6 cm³/mol. The molecule has 1 aromatic rings. The van der Waals surface area contributed by atoms with E-state index in [1.54, 1.807) is 17.2 Å². The first-order chi connectivity index (χ1) is 8.33. The highest BCUT2D eigenvalue weighted by atomic mass is 79.9. The normalized spacial score (nSPS) is 17.8. The highest BCUT2D eigenvalue weighted by Gasteiger charge is 2.46. The minimum atomic E-state index is -0.776. The van der Waals surface area contributed by atoms with Crippen molar-refractivity contribution in [3.05, 3.63) is 27.5 Å². The van der Waals surface area contributed by atoms with Crippen LogP contribution < -0.4 is 0 Å². The lowest BCUT2D eigenvalue weighted by Crippen LogP contribution is -2.66. The summed E-state index contributed by atoms with van der Waals surface area (Å²) in [4.78, 5) is 17.7. The minimum Gasteiger partial charge on any atom is -0.386 e. The van der Waals surface area contributed by atoms with Gasteiger partial charge in [-0.05, 0) is 27.9 Å². The molecule has 0 radical (unpaired) electrons. The zero-order valence-electron chi connectivity index (χ0n) is 10.2. The van der Waals surface area contributed by atoms with Crippen LogP contribution in [0.15, 0.2) is 16.7 Å². The largest absolute Gasteiger partial charge is 0.386 e. The average Bonchev–Trinajstić information content (AvgIpc) is 2.27. The fourth-order valence-corrected chi connectivity index (χ4v) is 2.38. The molecular formula is C12H14BrClN2O2. The second-order valence-electron chi connectivity index (χ2n) is 4.91.